The van der Waals surface area contributed by atoms with Crippen LogP contribution in [0.25, 0.3) is 0 Å². The Morgan fingerprint density at radius 3 is 2.68 bits per heavy atom. The maximum Gasteiger partial charge on any atom is 0.0753 e. The molecule has 2 aliphatic rings. The van der Waals surface area contributed by atoms with Crippen LogP contribution in [-0.2, 0) is 4.74 Å². The molecule has 0 aromatic heterocycles. The highest BCUT2D eigenvalue weighted by atomic mass is 16.5. The minimum atomic E-state index is 0.0310. The molecular weight excluding hydrogens is 236 g/mol. The van der Waals surface area contributed by atoms with E-state index in [1.54, 1.807) is 0 Å². The number of hydrogen-bond donors (Lipinski definition) is 1. The van der Waals surface area contributed by atoms with E-state index < -0.39 is 0 Å². The largest absolute Gasteiger partial charge is 0.373 e. The Labute approximate surface area is 119 Å². The fourth-order valence-electron chi connectivity index (χ4n) is 3.62. The monoisotopic (exact) mass is 268 g/mol. The summed E-state index contributed by atoms with van der Waals surface area (Å²) in [7, 11) is 0. The van der Waals surface area contributed by atoms with E-state index in [1.165, 1.54) is 38.6 Å². The van der Waals surface area contributed by atoms with Crippen LogP contribution in [0.15, 0.2) is 0 Å². The van der Waals surface area contributed by atoms with Gasteiger partial charge in [-0.25, -0.2) is 0 Å². The van der Waals surface area contributed by atoms with Gasteiger partial charge in [-0.2, -0.15) is 0 Å². The molecule has 1 heterocycles. The van der Waals surface area contributed by atoms with Crippen molar-refractivity contribution in [3.8, 4) is 0 Å². The van der Waals surface area contributed by atoms with Crippen LogP contribution in [0.4, 0.5) is 0 Å². The van der Waals surface area contributed by atoms with Crippen LogP contribution in [0.2, 0.25) is 0 Å². The first-order valence-electron chi connectivity index (χ1n) is 8.20. The van der Waals surface area contributed by atoms with E-state index in [-0.39, 0.29) is 5.60 Å². The maximum absolute atomic E-state index is 5.82. The summed E-state index contributed by atoms with van der Waals surface area (Å²) in [4.78, 5) is 2.61. The summed E-state index contributed by atoms with van der Waals surface area (Å²) in [5.41, 5.74) is 0.0310. The summed E-state index contributed by atoms with van der Waals surface area (Å²) >= 11 is 0. The normalized spacial score (nSPS) is 26.7. The minimum Gasteiger partial charge on any atom is -0.373 e. The predicted octanol–water partition coefficient (Wildman–Crippen LogP) is 2.66. The second-order valence-electron chi connectivity index (χ2n) is 6.95. The molecule has 1 aliphatic carbocycles. The van der Waals surface area contributed by atoms with Crippen LogP contribution < -0.4 is 5.32 Å². The standard InChI is InChI=1S/C16H32N2O/c1-4-9-17-15(14-7-5-6-8-14)12-18-10-11-19-16(2,3)13-18/h14-15,17H,4-13H2,1-3H3. The molecule has 3 heteroatoms. The molecule has 112 valence electrons. The highest BCUT2D eigenvalue weighted by molar-refractivity contribution is 4.86. The first kappa shape index (κ1) is 15.3. The average Bonchev–Trinajstić information content (AvgIpc) is 2.87. The van der Waals surface area contributed by atoms with Gasteiger partial charge < -0.3 is 10.1 Å². The van der Waals surface area contributed by atoms with Crippen molar-refractivity contribution in [3.05, 3.63) is 0 Å². The van der Waals surface area contributed by atoms with Crippen molar-refractivity contribution in [3.63, 3.8) is 0 Å². The first-order chi connectivity index (χ1) is 9.11. The third-order valence-corrected chi connectivity index (χ3v) is 4.58. The van der Waals surface area contributed by atoms with Crippen LogP contribution in [0.3, 0.4) is 0 Å². The molecule has 19 heavy (non-hydrogen) atoms. The fraction of sp³-hybridized carbons (Fsp3) is 1.00. The zero-order valence-electron chi connectivity index (χ0n) is 13.1. The summed E-state index contributed by atoms with van der Waals surface area (Å²) in [6.45, 7) is 12.1. The Kier molecular flexibility index (Phi) is 5.67. The average molecular weight is 268 g/mol. The lowest BCUT2D eigenvalue weighted by Gasteiger charge is -2.40. The van der Waals surface area contributed by atoms with Crippen LogP contribution in [0, 0.1) is 5.92 Å². The van der Waals surface area contributed by atoms with Gasteiger partial charge in [-0.05, 0) is 45.6 Å². The van der Waals surface area contributed by atoms with Crippen molar-refractivity contribution in [1.82, 2.24) is 10.2 Å². The third kappa shape index (κ3) is 4.73. The number of nitrogens with zero attached hydrogens (tertiary/aromatic N) is 1. The molecule has 3 nitrogen and oxygen atoms in total. The van der Waals surface area contributed by atoms with Gasteiger partial charge in [0.1, 0.15) is 0 Å². The highest BCUT2D eigenvalue weighted by Gasteiger charge is 2.31. The molecule has 1 N–H and O–H groups in total. The SMILES string of the molecule is CCCNC(CN1CCOC(C)(C)C1)C1CCCC1. The molecule has 1 saturated heterocycles. The molecule has 1 unspecified atom stereocenters. The van der Waals surface area contributed by atoms with E-state index in [0.717, 1.165) is 32.2 Å². The van der Waals surface area contributed by atoms with Crippen molar-refractivity contribution in [2.45, 2.75) is 64.5 Å². The highest BCUT2D eigenvalue weighted by Crippen LogP contribution is 2.29. The molecule has 0 aromatic carbocycles. The first-order valence-corrected chi connectivity index (χ1v) is 8.20. The van der Waals surface area contributed by atoms with Gasteiger partial charge in [0.15, 0.2) is 0 Å². The lowest BCUT2D eigenvalue weighted by molar-refractivity contribution is -0.0886. The Bertz CT molecular complexity index is 261. The Balaban J connectivity index is 1.87. The van der Waals surface area contributed by atoms with Crippen LogP contribution >= 0.6 is 0 Å². The summed E-state index contributed by atoms with van der Waals surface area (Å²) in [6.07, 6.45) is 6.95. The van der Waals surface area contributed by atoms with Gasteiger partial charge in [0, 0.05) is 25.7 Å². The molecule has 1 saturated carbocycles. The smallest absolute Gasteiger partial charge is 0.0753 e. The minimum absolute atomic E-state index is 0.0310. The van der Waals surface area contributed by atoms with Crippen molar-refractivity contribution in [2.24, 2.45) is 5.92 Å². The second-order valence-corrected chi connectivity index (χ2v) is 6.95. The van der Waals surface area contributed by atoms with Gasteiger partial charge in [0.2, 0.25) is 0 Å². The second kappa shape index (κ2) is 7.05. The van der Waals surface area contributed by atoms with Crippen molar-refractivity contribution in [2.75, 3.05) is 32.8 Å². The molecule has 1 aliphatic heterocycles. The maximum atomic E-state index is 5.82. The van der Waals surface area contributed by atoms with Gasteiger partial charge in [0.05, 0.1) is 12.2 Å². The van der Waals surface area contributed by atoms with Gasteiger partial charge in [0.25, 0.3) is 0 Å². The van der Waals surface area contributed by atoms with E-state index >= 15 is 0 Å². The van der Waals surface area contributed by atoms with E-state index in [4.69, 9.17) is 4.74 Å². The lowest BCUT2D eigenvalue weighted by Crippen LogP contribution is -2.53. The van der Waals surface area contributed by atoms with E-state index in [9.17, 15) is 0 Å². The van der Waals surface area contributed by atoms with Gasteiger partial charge in [-0.1, -0.05) is 19.8 Å². The summed E-state index contributed by atoms with van der Waals surface area (Å²) in [6, 6.07) is 0.691. The van der Waals surface area contributed by atoms with Crippen molar-refractivity contribution >= 4 is 0 Å². The van der Waals surface area contributed by atoms with Crippen molar-refractivity contribution in [1.29, 1.82) is 0 Å². The molecular formula is C16H32N2O. The molecule has 1 atom stereocenters. The zero-order chi connectivity index (χ0) is 13.7. The molecule has 2 rings (SSSR count). The molecule has 2 fully saturated rings. The quantitative estimate of drug-likeness (QED) is 0.801. The van der Waals surface area contributed by atoms with Crippen LogP contribution in [0.5, 0.6) is 0 Å². The molecule has 0 aromatic rings. The summed E-state index contributed by atoms with van der Waals surface area (Å²) in [5.74, 6) is 0.900. The number of morpholine rings is 1. The van der Waals surface area contributed by atoms with Gasteiger partial charge in [-0.3, -0.25) is 4.90 Å². The van der Waals surface area contributed by atoms with Crippen molar-refractivity contribution < 1.29 is 4.74 Å². The van der Waals surface area contributed by atoms with Gasteiger partial charge in [-0.15, -0.1) is 0 Å². The lowest BCUT2D eigenvalue weighted by atomic mass is 9.96. The zero-order valence-corrected chi connectivity index (χ0v) is 13.1. The Morgan fingerprint density at radius 1 is 1.32 bits per heavy atom. The molecule has 0 amide bonds. The summed E-state index contributed by atoms with van der Waals surface area (Å²) < 4.78 is 5.82. The number of ether oxygens (including phenoxy) is 1. The molecule has 0 radical (unpaired) electrons. The van der Waals surface area contributed by atoms with E-state index in [0.29, 0.717) is 6.04 Å². The van der Waals surface area contributed by atoms with E-state index in [1.807, 2.05) is 0 Å². The number of nitrogens with one attached hydrogen (secondary N) is 1. The predicted molar refractivity (Wildman–Crippen MR) is 80.5 cm³/mol. The summed E-state index contributed by atoms with van der Waals surface area (Å²) in [5, 5.41) is 3.80. The number of rotatable bonds is 6. The fourth-order valence-corrected chi connectivity index (χ4v) is 3.62. The Morgan fingerprint density at radius 2 is 2.05 bits per heavy atom. The van der Waals surface area contributed by atoms with Crippen LogP contribution in [0.1, 0.15) is 52.9 Å². The number of hydrogen-bond acceptors (Lipinski definition) is 3. The topological polar surface area (TPSA) is 24.5 Å². The molecule has 0 bridgehead atoms. The Hall–Kier alpha value is -0.120. The molecule has 0 spiro atoms. The third-order valence-electron chi connectivity index (χ3n) is 4.58. The van der Waals surface area contributed by atoms with Crippen LogP contribution in [-0.4, -0.2) is 49.3 Å². The van der Waals surface area contributed by atoms with Gasteiger partial charge >= 0.3 is 0 Å². The van der Waals surface area contributed by atoms with E-state index in [2.05, 4.69) is 31.0 Å².